The first kappa shape index (κ1) is 22.6. The van der Waals surface area contributed by atoms with Crippen molar-refractivity contribution >= 4 is 34.6 Å². The average Bonchev–Trinajstić information content (AvgIpc) is 3.31. The molecule has 0 radical (unpaired) electrons. The SMILES string of the molecule is Cc1cc(/C=C2\SC(=Nc3ccccc3F)N(C3CCCCC3)C2=O)c(C)n1-c1cccnc1. The second kappa shape index (κ2) is 9.58. The number of halogens is 1. The maximum absolute atomic E-state index is 14.4. The van der Waals surface area contributed by atoms with Crippen molar-refractivity contribution in [3.8, 4) is 5.69 Å². The van der Waals surface area contributed by atoms with Gasteiger partial charge in [0.05, 0.1) is 16.8 Å². The number of hydrogen-bond donors (Lipinski definition) is 0. The summed E-state index contributed by atoms with van der Waals surface area (Å²) in [5.74, 6) is -0.428. The predicted octanol–water partition coefficient (Wildman–Crippen LogP) is 6.56. The number of pyridine rings is 1. The van der Waals surface area contributed by atoms with Gasteiger partial charge in [-0.1, -0.05) is 31.4 Å². The average molecular weight is 475 g/mol. The van der Waals surface area contributed by atoms with Crippen LogP contribution in [0, 0.1) is 19.7 Å². The van der Waals surface area contributed by atoms with Crippen LogP contribution in [0.3, 0.4) is 0 Å². The Morgan fingerprint density at radius 1 is 1.12 bits per heavy atom. The van der Waals surface area contributed by atoms with Crippen LogP contribution in [0.4, 0.5) is 10.1 Å². The summed E-state index contributed by atoms with van der Waals surface area (Å²) >= 11 is 1.34. The van der Waals surface area contributed by atoms with Crippen molar-refractivity contribution in [3.05, 3.63) is 82.5 Å². The van der Waals surface area contributed by atoms with Gasteiger partial charge in [-0.2, -0.15) is 0 Å². The molecule has 7 heteroatoms. The van der Waals surface area contributed by atoms with Crippen molar-refractivity contribution in [3.63, 3.8) is 0 Å². The van der Waals surface area contributed by atoms with Crippen LogP contribution in [-0.2, 0) is 4.79 Å². The topological polar surface area (TPSA) is 50.5 Å². The van der Waals surface area contributed by atoms with E-state index in [4.69, 9.17) is 0 Å². The Bertz CT molecular complexity index is 1280. The fraction of sp³-hybridized carbons (Fsp3) is 0.296. The number of rotatable bonds is 4. The molecule has 34 heavy (non-hydrogen) atoms. The number of thioether (sulfide) groups is 1. The van der Waals surface area contributed by atoms with Gasteiger partial charge in [0, 0.05) is 23.6 Å². The number of amidine groups is 1. The first-order valence-corrected chi connectivity index (χ1v) is 12.5. The zero-order valence-electron chi connectivity index (χ0n) is 19.4. The summed E-state index contributed by atoms with van der Waals surface area (Å²) in [6.45, 7) is 4.09. The summed E-state index contributed by atoms with van der Waals surface area (Å²) in [7, 11) is 0. The van der Waals surface area contributed by atoms with Gasteiger partial charge < -0.3 is 4.57 Å². The van der Waals surface area contributed by atoms with E-state index in [9.17, 15) is 9.18 Å². The zero-order valence-corrected chi connectivity index (χ0v) is 20.2. The van der Waals surface area contributed by atoms with Crippen molar-refractivity contribution in [2.24, 2.45) is 4.99 Å². The monoisotopic (exact) mass is 474 g/mol. The minimum absolute atomic E-state index is 0.0434. The van der Waals surface area contributed by atoms with E-state index in [2.05, 4.69) is 20.6 Å². The number of amides is 1. The smallest absolute Gasteiger partial charge is 0.267 e. The Kier molecular flexibility index (Phi) is 6.37. The number of para-hydroxylation sites is 1. The van der Waals surface area contributed by atoms with Crippen LogP contribution in [0.25, 0.3) is 11.8 Å². The van der Waals surface area contributed by atoms with Crippen molar-refractivity contribution in [2.45, 2.75) is 52.0 Å². The maximum Gasteiger partial charge on any atom is 0.267 e. The molecule has 5 rings (SSSR count). The van der Waals surface area contributed by atoms with Gasteiger partial charge in [0.2, 0.25) is 0 Å². The van der Waals surface area contributed by atoms with E-state index in [1.165, 1.54) is 24.2 Å². The fourth-order valence-electron chi connectivity index (χ4n) is 4.83. The van der Waals surface area contributed by atoms with Gasteiger partial charge in [0.1, 0.15) is 11.5 Å². The Hall–Kier alpha value is -3.19. The molecule has 2 fully saturated rings. The highest BCUT2D eigenvalue weighted by atomic mass is 32.2. The van der Waals surface area contributed by atoms with E-state index in [0.717, 1.165) is 48.3 Å². The zero-order chi connectivity index (χ0) is 23.7. The highest BCUT2D eigenvalue weighted by Gasteiger charge is 2.39. The largest absolute Gasteiger partial charge is 0.316 e. The molecule has 2 aliphatic rings. The second-order valence-electron chi connectivity index (χ2n) is 8.80. The number of aliphatic imine (C=N–C) groups is 1. The number of hydrogen-bond acceptors (Lipinski definition) is 4. The summed E-state index contributed by atoms with van der Waals surface area (Å²) in [5.41, 5.74) is 4.33. The quantitative estimate of drug-likeness (QED) is 0.402. The Balaban J connectivity index is 1.54. The number of aryl methyl sites for hydroxylation is 1. The van der Waals surface area contributed by atoms with Gasteiger partial charge in [0.15, 0.2) is 5.17 Å². The van der Waals surface area contributed by atoms with Crippen molar-refractivity contribution in [1.29, 1.82) is 0 Å². The second-order valence-corrected chi connectivity index (χ2v) is 9.81. The Morgan fingerprint density at radius 2 is 1.91 bits per heavy atom. The molecule has 1 saturated carbocycles. The lowest BCUT2D eigenvalue weighted by Crippen LogP contribution is -2.40. The third-order valence-corrected chi connectivity index (χ3v) is 7.49. The van der Waals surface area contributed by atoms with Crippen molar-refractivity contribution in [2.75, 3.05) is 0 Å². The van der Waals surface area contributed by atoms with Crippen LogP contribution >= 0.6 is 11.8 Å². The van der Waals surface area contributed by atoms with Crippen molar-refractivity contribution in [1.82, 2.24) is 14.5 Å². The maximum atomic E-state index is 14.4. The van der Waals surface area contributed by atoms with Gasteiger partial charge in [0.25, 0.3) is 5.91 Å². The molecule has 3 aromatic rings. The van der Waals surface area contributed by atoms with E-state index in [0.29, 0.717) is 10.1 Å². The molecular weight excluding hydrogens is 447 g/mol. The van der Waals surface area contributed by atoms with Crippen LogP contribution in [0.2, 0.25) is 0 Å². The lowest BCUT2D eigenvalue weighted by atomic mass is 9.94. The Morgan fingerprint density at radius 3 is 2.65 bits per heavy atom. The van der Waals surface area contributed by atoms with E-state index >= 15 is 0 Å². The molecule has 5 nitrogen and oxygen atoms in total. The molecule has 3 heterocycles. The molecule has 2 aromatic heterocycles. The molecule has 0 N–H and O–H groups in total. The fourth-order valence-corrected chi connectivity index (χ4v) is 5.87. The first-order valence-electron chi connectivity index (χ1n) is 11.7. The molecular formula is C27H27FN4OS. The molecule has 1 aromatic carbocycles. The summed E-state index contributed by atoms with van der Waals surface area (Å²) in [4.78, 5) is 24.9. The van der Waals surface area contributed by atoms with Crippen molar-refractivity contribution < 1.29 is 9.18 Å². The minimum atomic E-state index is -0.385. The van der Waals surface area contributed by atoms with Gasteiger partial charge in [-0.25, -0.2) is 9.38 Å². The molecule has 1 aliphatic heterocycles. The van der Waals surface area contributed by atoms with Crippen LogP contribution < -0.4 is 0 Å². The minimum Gasteiger partial charge on any atom is -0.316 e. The molecule has 1 amide bonds. The lowest BCUT2D eigenvalue weighted by Gasteiger charge is -2.30. The highest BCUT2D eigenvalue weighted by molar-refractivity contribution is 8.18. The standard InChI is InChI=1S/C27H27FN4OS/c1-18-15-20(19(2)31(18)22-11-8-14-29-17-22)16-25-26(33)32(21-9-4-3-5-10-21)27(34-25)30-24-13-7-6-12-23(24)28/h6-8,11-17,21H,3-5,9-10H2,1-2H3/b25-16-,30-27?. The number of nitrogens with zero attached hydrogens (tertiary/aromatic N) is 4. The molecule has 174 valence electrons. The van der Waals surface area contributed by atoms with Gasteiger partial charge in [-0.3, -0.25) is 14.7 Å². The van der Waals surface area contributed by atoms with Gasteiger partial charge in [-0.15, -0.1) is 0 Å². The molecule has 0 unspecified atom stereocenters. The van der Waals surface area contributed by atoms with Gasteiger partial charge >= 0.3 is 0 Å². The molecule has 0 atom stereocenters. The number of benzene rings is 1. The lowest BCUT2D eigenvalue weighted by molar-refractivity contribution is -0.124. The van der Waals surface area contributed by atoms with E-state index in [1.807, 2.05) is 43.2 Å². The highest BCUT2D eigenvalue weighted by Crippen LogP contribution is 2.39. The third kappa shape index (κ3) is 4.32. The summed E-state index contributed by atoms with van der Waals surface area (Å²) in [6, 6.07) is 12.6. The normalized spacial score (nSPS) is 19.5. The van der Waals surface area contributed by atoms with E-state index in [1.54, 1.807) is 24.4 Å². The summed E-state index contributed by atoms with van der Waals surface area (Å²) in [5, 5.41) is 0.564. The molecule has 1 aliphatic carbocycles. The molecule has 0 spiro atoms. The summed E-state index contributed by atoms with van der Waals surface area (Å²) in [6.07, 6.45) is 10.8. The van der Waals surface area contributed by atoms with Crippen LogP contribution in [0.15, 0.2) is 64.8 Å². The first-order chi connectivity index (χ1) is 16.5. The van der Waals surface area contributed by atoms with Crippen LogP contribution in [0.1, 0.15) is 49.1 Å². The number of carbonyl (C=O) groups excluding carboxylic acids is 1. The van der Waals surface area contributed by atoms with Crippen LogP contribution in [-0.4, -0.2) is 31.6 Å². The Labute approximate surface area is 203 Å². The summed E-state index contributed by atoms with van der Waals surface area (Å²) < 4.78 is 16.5. The van der Waals surface area contributed by atoms with E-state index in [-0.39, 0.29) is 23.5 Å². The molecule has 1 saturated heterocycles. The number of aromatic nitrogens is 2. The van der Waals surface area contributed by atoms with Crippen LogP contribution in [0.5, 0.6) is 0 Å². The predicted molar refractivity (Wildman–Crippen MR) is 136 cm³/mol. The third-order valence-electron chi connectivity index (χ3n) is 6.51. The van der Waals surface area contributed by atoms with Gasteiger partial charge in [-0.05, 0) is 80.4 Å². The number of carbonyl (C=O) groups is 1. The van der Waals surface area contributed by atoms with E-state index < -0.39 is 0 Å². The molecule has 0 bridgehead atoms.